The number of rotatable bonds is 3. The number of nitrogens with zero attached hydrogens (tertiary/aromatic N) is 1. The number of para-hydroxylation sites is 1. The number of hydrogen-bond donors (Lipinski definition) is 3. The normalized spacial score (nSPS) is 16.2. The van der Waals surface area contributed by atoms with E-state index in [-0.39, 0.29) is 11.9 Å². The summed E-state index contributed by atoms with van der Waals surface area (Å²) in [7, 11) is 1.60. The molecule has 2 amide bonds. The number of carbonyl (C=O) groups excluding carboxylic acids is 1. The monoisotopic (exact) mass is 325 g/mol. The molecule has 2 aromatic carbocycles. The first-order valence-electron chi connectivity index (χ1n) is 7.75. The lowest BCUT2D eigenvalue weighted by molar-refractivity contribution is 0.0963. The fraction of sp³-hybridized carbons (Fsp3) is 0.222. The van der Waals surface area contributed by atoms with Crippen molar-refractivity contribution < 1.29 is 14.7 Å². The van der Waals surface area contributed by atoms with Gasteiger partial charge in [0.05, 0.1) is 6.04 Å². The minimum atomic E-state index is -1.02. The molecule has 1 unspecified atom stereocenters. The van der Waals surface area contributed by atoms with Crippen LogP contribution in [-0.2, 0) is 6.42 Å². The molecule has 0 aromatic heterocycles. The van der Waals surface area contributed by atoms with Gasteiger partial charge in [0.1, 0.15) is 0 Å². The molecule has 1 aliphatic heterocycles. The fourth-order valence-corrected chi connectivity index (χ4v) is 3.05. The molecule has 0 fully saturated rings. The van der Waals surface area contributed by atoms with Crippen LogP contribution in [0.25, 0.3) is 0 Å². The molecule has 0 radical (unpaired) electrons. The quantitative estimate of drug-likeness (QED) is 0.809. The molecular formula is C18H19N3O3. The summed E-state index contributed by atoms with van der Waals surface area (Å²) in [5.74, 6) is -0.133. The van der Waals surface area contributed by atoms with Gasteiger partial charge in [0.25, 0.3) is 5.91 Å². The highest BCUT2D eigenvalue weighted by molar-refractivity contribution is 5.94. The molecule has 1 aliphatic rings. The zero-order chi connectivity index (χ0) is 17.1. The Morgan fingerprint density at radius 3 is 2.50 bits per heavy atom. The molecule has 1 heterocycles. The van der Waals surface area contributed by atoms with Crippen LogP contribution in [0.2, 0.25) is 0 Å². The summed E-state index contributed by atoms with van der Waals surface area (Å²) in [6.07, 6.45) is -0.357. The van der Waals surface area contributed by atoms with Gasteiger partial charge < -0.3 is 20.6 Å². The molecule has 0 saturated carbocycles. The molecule has 1 atom stereocenters. The Hall–Kier alpha value is -3.02. The highest BCUT2D eigenvalue weighted by Crippen LogP contribution is 2.33. The Bertz CT molecular complexity index is 758. The summed E-state index contributed by atoms with van der Waals surface area (Å²) in [5.41, 5.74) is 3.67. The van der Waals surface area contributed by atoms with E-state index in [1.165, 1.54) is 0 Å². The van der Waals surface area contributed by atoms with E-state index in [4.69, 9.17) is 5.11 Å². The third-order valence-electron chi connectivity index (χ3n) is 4.15. The van der Waals surface area contributed by atoms with E-state index in [0.717, 1.165) is 16.9 Å². The van der Waals surface area contributed by atoms with Crippen LogP contribution in [0.5, 0.6) is 0 Å². The van der Waals surface area contributed by atoms with Gasteiger partial charge in [-0.15, -0.1) is 0 Å². The topological polar surface area (TPSA) is 81.7 Å². The number of carbonyl (C=O) groups is 2. The summed E-state index contributed by atoms with van der Waals surface area (Å²) in [5, 5.41) is 14.2. The first-order chi connectivity index (χ1) is 11.6. The van der Waals surface area contributed by atoms with E-state index in [9.17, 15) is 9.59 Å². The largest absolute Gasteiger partial charge is 0.465 e. The van der Waals surface area contributed by atoms with Crippen LogP contribution in [0.15, 0.2) is 48.5 Å². The van der Waals surface area contributed by atoms with Crippen LogP contribution >= 0.6 is 0 Å². The smallest absolute Gasteiger partial charge is 0.404 e. The molecule has 2 aromatic rings. The Kier molecular flexibility index (Phi) is 4.37. The van der Waals surface area contributed by atoms with Crippen molar-refractivity contribution in [2.24, 2.45) is 0 Å². The maximum absolute atomic E-state index is 11.7. The maximum Gasteiger partial charge on any atom is 0.404 e. The van der Waals surface area contributed by atoms with Gasteiger partial charge in [-0.1, -0.05) is 18.2 Å². The van der Waals surface area contributed by atoms with E-state index in [1.54, 1.807) is 19.2 Å². The third kappa shape index (κ3) is 3.17. The molecule has 0 bridgehead atoms. The Balaban J connectivity index is 1.93. The van der Waals surface area contributed by atoms with Crippen LogP contribution in [-0.4, -0.2) is 36.7 Å². The van der Waals surface area contributed by atoms with Crippen molar-refractivity contribution in [3.05, 3.63) is 59.7 Å². The number of anilines is 2. The van der Waals surface area contributed by atoms with Gasteiger partial charge in [0.2, 0.25) is 0 Å². The minimum Gasteiger partial charge on any atom is -0.465 e. The number of fused-ring (bicyclic) bond motifs is 1. The van der Waals surface area contributed by atoms with Crippen LogP contribution in [0.4, 0.5) is 16.2 Å². The summed E-state index contributed by atoms with van der Waals surface area (Å²) in [6, 6.07) is 15.1. The van der Waals surface area contributed by atoms with Crippen molar-refractivity contribution in [2.45, 2.75) is 12.5 Å². The van der Waals surface area contributed by atoms with Crippen LogP contribution in [0.3, 0.4) is 0 Å². The van der Waals surface area contributed by atoms with Gasteiger partial charge in [-0.05, 0) is 42.3 Å². The lowest BCUT2D eigenvalue weighted by atomic mass is 9.97. The van der Waals surface area contributed by atoms with Crippen molar-refractivity contribution >= 4 is 23.4 Å². The Labute approximate surface area is 140 Å². The Morgan fingerprint density at radius 1 is 1.12 bits per heavy atom. The first kappa shape index (κ1) is 15.9. The molecule has 3 rings (SSSR count). The molecular weight excluding hydrogens is 306 g/mol. The lowest BCUT2D eigenvalue weighted by Crippen LogP contribution is -2.46. The zero-order valence-electron chi connectivity index (χ0n) is 13.3. The number of carboxylic acid groups (broad SMARTS) is 1. The second-order valence-electron chi connectivity index (χ2n) is 5.72. The van der Waals surface area contributed by atoms with E-state index in [2.05, 4.69) is 15.5 Å². The van der Waals surface area contributed by atoms with Crippen LogP contribution < -0.4 is 15.5 Å². The van der Waals surface area contributed by atoms with Gasteiger partial charge in [0, 0.05) is 30.5 Å². The molecule has 124 valence electrons. The second-order valence-corrected chi connectivity index (χ2v) is 5.72. The SMILES string of the molecule is CNC(=O)c1ccc(N2CC(NC(=O)O)Cc3ccccc32)cc1. The van der Waals surface area contributed by atoms with E-state index < -0.39 is 6.09 Å². The average molecular weight is 325 g/mol. The summed E-state index contributed by atoms with van der Waals surface area (Å²) in [6.45, 7) is 0.544. The molecule has 24 heavy (non-hydrogen) atoms. The second kappa shape index (κ2) is 6.62. The number of hydrogen-bond acceptors (Lipinski definition) is 3. The molecule has 0 aliphatic carbocycles. The predicted molar refractivity (Wildman–Crippen MR) is 91.9 cm³/mol. The fourth-order valence-electron chi connectivity index (χ4n) is 3.05. The third-order valence-corrected chi connectivity index (χ3v) is 4.15. The van der Waals surface area contributed by atoms with Gasteiger partial charge in [0.15, 0.2) is 0 Å². The molecule has 3 N–H and O–H groups in total. The van der Waals surface area contributed by atoms with E-state index >= 15 is 0 Å². The van der Waals surface area contributed by atoms with E-state index in [1.807, 2.05) is 36.4 Å². The first-order valence-corrected chi connectivity index (χ1v) is 7.75. The summed E-state index contributed by atoms with van der Waals surface area (Å²) >= 11 is 0. The number of benzene rings is 2. The standard InChI is InChI=1S/C18H19N3O3/c1-19-17(22)12-6-8-15(9-7-12)21-11-14(20-18(23)24)10-13-4-2-3-5-16(13)21/h2-9,14,20H,10-11H2,1H3,(H,19,22)(H,23,24). The van der Waals surface area contributed by atoms with Gasteiger partial charge in [-0.2, -0.15) is 0 Å². The average Bonchev–Trinajstić information content (AvgIpc) is 2.60. The van der Waals surface area contributed by atoms with Crippen LogP contribution in [0, 0.1) is 0 Å². The maximum atomic E-state index is 11.7. The molecule has 6 heteroatoms. The number of nitrogens with one attached hydrogen (secondary N) is 2. The van der Waals surface area contributed by atoms with Gasteiger partial charge in [-0.25, -0.2) is 4.79 Å². The van der Waals surface area contributed by atoms with Crippen molar-refractivity contribution in [1.29, 1.82) is 0 Å². The molecule has 0 spiro atoms. The highest BCUT2D eigenvalue weighted by Gasteiger charge is 2.26. The molecule has 0 saturated heterocycles. The van der Waals surface area contributed by atoms with Crippen molar-refractivity contribution in [1.82, 2.24) is 10.6 Å². The highest BCUT2D eigenvalue weighted by atomic mass is 16.4. The minimum absolute atomic E-state index is 0.133. The van der Waals surface area contributed by atoms with Crippen molar-refractivity contribution in [3.63, 3.8) is 0 Å². The predicted octanol–water partition coefficient (Wildman–Crippen LogP) is 2.38. The summed E-state index contributed by atoms with van der Waals surface area (Å²) in [4.78, 5) is 24.8. The Morgan fingerprint density at radius 2 is 1.83 bits per heavy atom. The van der Waals surface area contributed by atoms with E-state index in [0.29, 0.717) is 18.5 Å². The van der Waals surface area contributed by atoms with Gasteiger partial charge >= 0.3 is 6.09 Å². The van der Waals surface area contributed by atoms with Crippen molar-refractivity contribution in [3.8, 4) is 0 Å². The zero-order valence-corrected chi connectivity index (χ0v) is 13.3. The van der Waals surface area contributed by atoms with Crippen molar-refractivity contribution in [2.75, 3.05) is 18.5 Å². The lowest BCUT2D eigenvalue weighted by Gasteiger charge is -2.36. The molecule has 6 nitrogen and oxygen atoms in total. The summed E-state index contributed by atoms with van der Waals surface area (Å²) < 4.78 is 0. The van der Waals surface area contributed by atoms with Crippen LogP contribution in [0.1, 0.15) is 15.9 Å². The number of amides is 2. The van der Waals surface area contributed by atoms with Gasteiger partial charge in [-0.3, -0.25) is 4.79 Å².